The molecule has 0 spiro atoms. The van der Waals surface area contributed by atoms with Gasteiger partial charge < -0.3 is 9.13 Å². The predicted octanol–water partition coefficient (Wildman–Crippen LogP) is 11.9. The Morgan fingerprint density at radius 2 is 0.848 bits per heavy atom. The minimum atomic E-state index is 1.17. The van der Waals surface area contributed by atoms with Crippen LogP contribution in [0.1, 0.15) is 0 Å². The van der Waals surface area contributed by atoms with Crippen molar-refractivity contribution in [2.45, 2.75) is 0 Å². The first kappa shape index (κ1) is 25.2. The van der Waals surface area contributed by atoms with Gasteiger partial charge in [-0.2, -0.15) is 0 Å². The van der Waals surface area contributed by atoms with Crippen LogP contribution in [0.15, 0.2) is 170 Å². The molecule has 10 rings (SSSR count). The van der Waals surface area contributed by atoms with Crippen LogP contribution >= 0.6 is 0 Å². The molecule has 0 aliphatic heterocycles. The highest BCUT2D eigenvalue weighted by molar-refractivity contribution is 6.30. The lowest BCUT2D eigenvalue weighted by Gasteiger charge is -2.13. The molecule has 0 radical (unpaired) electrons. The van der Waals surface area contributed by atoms with Crippen molar-refractivity contribution < 1.29 is 0 Å². The van der Waals surface area contributed by atoms with Crippen molar-refractivity contribution in [2.24, 2.45) is 0 Å². The van der Waals surface area contributed by atoms with Crippen molar-refractivity contribution >= 4 is 65.2 Å². The van der Waals surface area contributed by atoms with E-state index in [4.69, 9.17) is 0 Å². The number of benzene rings is 8. The van der Waals surface area contributed by atoms with Crippen LogP contribution in [0.5, 0.6) is 0 Å². The molecule has 0 unspecified atom stereocenters. The van der Waals surface area contributed by atoms with E-state index in [0.717, 1.165) is 0 Å². The van der Waals surface area contributed by atoms with Crippen LogP contribution in [0, 0.1) is 0 Å². The molecule has 0 saturated heterocycles. The lowest BCUT2D eigenvalue weighted by Crippen LogP contribution is -1.94. The zero-order valence-corrected chi connectivity index (χ0v) is 25.1. The SMILES string of the molecule is c1ccc(-n2c3ccccc3c3cc(-c4cc5c(c6ccccc46)c4c6ccccc6ccc4n5-c4ccccc4)ccc32)cc1. The molecule has 0 saturated carbocycles. The van der Waals surface area contributed by atoms with Crippen LogP contribution in [0.2, 0.25) is 0 Å². The third-order valence-electron chi connectivity index (χ3n) is 9.67. The van der Waals surface area contributed by atoms with E-state index in [1.54, 1.807) is 0 Å². The topological polar surface area (TPSA) is 9.86 Å². The van der Waals surface area contributed by atoms with Crippen molar-refractivity contribution in [3.63, 3.8) is 0 Å². The van der Waals surface area contributed by atoms with Gasteiger partial charge in [-0.3, -0.25) is 0 Å². The molecule has 2 heteroatoms. The Morgan fingerprint density at radius 3 is 1.61 bits per heavy atom. The molecule has 214 valence electrons. The second-order valence-corrected chi connectivity index (χ2v) is 12.1. The Morgan fingerprint density at radius 1 is 0.304 bits per heavy atom. The maximum Gasteiger partial charge on any atom is 0.0553 e. The average molecular weight is 585 g/mol. The van der Waals surface area contributed by atoms with E-state index in [2.05, 4.69) is 179 Å². The highest BCUT2D eigenvalue weighted by atomic mass is 15.0. The minimum absolute atomic E-state index is 1.17. The fourth-order valence-corrected chi connectivity index (χ4v) is 7.73. The van der Waals surface area contributed by atoms with Crippen molar-refractivity contribution in [1.29, 1.82) is 0 Å². The van der Waals surface area contributed by atoms with Crippen molar-refractivity contribution in [1.82, 2.24) is 9.13 Å². The van der Waals surface area contributed by atoms with E-state index >= 15 is 0 Å². The number of para-hydroxylation sites is 3. The Kier molecular flexibility index (Phi) is 5.31. The zero-order valence-electron chi connectivity index (χ0n) is 25.1. The summed E-state index contributed by atoms with van der Waals surface area (Å²) in [5, 5.41) is 10.2. The average Bonchev–Trinajstić information content (AvgIpc) is 3.65. The molecule has 0 atom stereocenters. The molecular formula is C44H28N2. The smallest absolute Gasteiger partial charge is 0.0553 e. The fraction of sp³-hybridized carbons (Fsp3) is 0. The van der Waals surface area contributed by atoms with Crippen LogP contribution in [-0.2, 0) is 0 Å². The lowest BCUT2D eigenvalue weighted by atomic mass is 9.93. The number of aromatic nitrogens is 2. The van der Waals surface area contributed by atoms with Gasteiger partial charge in [-0.1, -0.05) is 115 Å². The standard InChI is InChI=1S/C44H28N2/c1-3-14-31(15-4-1)45-39-22-12-11-20-35(39)38-27-30(24-25-40(38)45)37-28-42-44(36-21-10-9-19-34(36)37)43-33-18-8-7-13-29(33)23-26-41(43)46(42)32-16-5-2-6-17-32/h1-28H. The molecular weight excluding hydrogens is 556 g/mol. The highest BCUT2D eigenvalue weighted by Crippen LogP contribution is 2.44. The summed E-state index contributed by atoms with van der Waals surface area (Å²) in [4.78, 5) is 0. The summed E-state index contributed by atoms with van der Waals surface area (Å²) in [6, 6.07) is 61.9. The van der Waals surface area contributed by atoms with Crippen LogP contribution in [0.3, 0.4) is 0 Å². The van der Waals surface area contributed by atoms with E-state index in [1.807, 2.05) is 0 Å². The van der Waals surface area contributed by atoms with Gasteiger partial charge in [0.15, 0.2) is 0 Å². The van der Waals surface area contributed by atoms with Gasteiger partial charge in [-0.25, -0.2) is 0 Å². The van der Waals surface area contributed by atoms with E-state index in [-0.39, 0.29) is 0 Å². The molecule has 10 aromatic rings. The Labute approximate surface area is 266 Å². The summed E-state index contributed by atoms with van der Waals surface area (Å²) in [5.74, 6) is 0. The highest BCUT2D eigenvalue weighted by Gasteiger charge is 2.20. The maximum atomic E-state index is 2.45. The summed E-state index contributed by atoms with van der Waals surface area (Å²) >= 11 is 0. The number of hydrogen-bond acceptors (Lipinski definition) is 0. The number of fused-ring (bicyclic) bond motifs is 10. The van der Waals surface area contributed by atoms with Gasteiger partial charge in [0.25, 0.3) is 0 Å². The molecule has 2 aromatic heterocycles. The van der Waals surface area contributed by atoms with E-state index in [1.165, 1.54) is 87.7 Å². The summed E-state index contributed by atoms with van der Waals surface area (Å²) < 4.78 is 4.83. The van der Waals surface area contributed by atoms with Gasteiger partial charge in [0.1, 0.15) is 0 Å². The molecule has 0 bridgehead atoms. The van der Waals surface area contributed by atoms with Gasteiger partial charge in [-0.05, 0) is 87.3 Å². The monoisotopic (exact) mass is 584 g/mol. The zero-order chi connectivity index (χ0) is 30.2. The predicted molar refractivity (Wildman–Crippen MR) is 196 cm³/mol. The van der Waals surface area contributed by atoms with E-state index in [9.17, 15) is 0 Å². The number of hydrogen-bond donors (Lipinski definition) is 0. The molecule has 46 heavy (non-hydrogen) atoms. The van der Waals surface area contributed by atoms with Gasteiger partial charge in [0.05, 0.1) is 22.1 Å². The number of nitrogens with zero attached hydrogens (tertiary/aromatic N) is 2. The lowest BCUT2D eigenvalue weighted by molar-refractivity contribution is 1.18. The second kappa shape index (κ2) is 9.69. The van der Waals surface area contributed by atoms with Crippen LogP contribution in [0.4, 0.5) is 0 Å². The van der Waals surface area contributed by atoms with Gasteiger partial charge in [0, 0.05) is 32.9 Å². The molecule has 0 aliphatic carbocycles. The first-order chi connectivity index (χ1) is 22.8. The first-order valence-corrected chi connectivity index (χ1v) is 15.9. The Hall–Kier alpha value is -6.12. The molecule has 8 aromatic carbocycles. The summed E-state index contributed by atoms with van der Waals surface area (Å²) in [7, 11) is 0. The first-order valence-electron chi connectivity index (χ1n) is 15.9. The van der Waals surface area contributed by atoms with Crippen molar-refractivity contribution in [2.75, 3.05) is 0 Å². The third kappa shape index (κ3) is 3.53. The van der Waals surface area contributed by atoms with Crippen LogP contribution in [0.25, 0.3) is 87.7 Å². The van der Waals surface area contributed by atoms with E-state index < -0.39 is 0 Å². The summed E-state index contributed by atoms with van der Waals surface area (Å²) in [5.41, 5.74) is 9.68. The van der Waals surface area contributed by atoms with Crippen molar-refractivity contribution in [3.8, 4) is 22.5 Å². The normalized spacial score (nSPS) is 11.9. The Balaban J connectivity index is 1.34. The maximum absolute atomic E-state index is 2.45. The second-order valence-electron chi connectivity index (χ2n) is 12.1. The third-order valence-corrected chi connectivity index (χ3v) is 9.67. The minimum Gasteiger partial charge on any atom is -0.309 e. The van der Waals surface area contributed by atoms with Gasteiger partial charge >= 0.3 is 0 Å². The summed E-state index contributed by atoms with van der Waals surface area (Å²) in [6.45, 7) is 0. The molecule has 2 heterocycles. The molecule has 0 fully saturated rings. The Bertz CT molecular complexity index is 2780. The quantitative estimate of drug-likeness (QED) is 0.195. The largest absolute Gasteiger partial charge is 0.309 e. The number of rotatable bonds is 3. The van der Waals surface area contributed by atoms with Crippen molar-refractivity contribution in [3.05, 3.63) is 170 Å². The van der Waals surface area contributed by atoms with Crippen LogP contribution in [-0.4, -0.2) is 9.13 Å². The van der Waals surface area contributed by atoms with Gasteiger partial charge in [-0.15, -0.1) is 0 Å². The fourth-order valence-electron chi connectivity index (χ4n) is 7.73. The molecule has 0 N–H and O–H groups in total. The molecule has 0 amide bonds. The molecule has 0 aliphatic rings. The molecule has 2 nitrogen and oxygen atoms in total. The summed E-state index contributed by atoms with van der Waals surface area (Å²) in [6.07, 6.45) is 0. The van der Waals surface area contributed by atoms with Crippen LogP contribution < -0.4 is 0 Å². The van der Waals surface area contributed by atoms with E-state index in [0.29, 0.717) is 0 Å². The van der Waals surface area contributed by atoms with Gasteiger partial charge in [0.2, 0.25) is 0 Å².